The fourth-order valence-corrected chi connectivity index (χ4v) is 2.66. The van der Waals surface area contributed by atoms with Crippen molar-refractivity contribution in [2.45, 2.75) is 52.1 Å². The number of hydrogen-bond acceptors (Lipinski definition) is 4. The molecule has 1 aromatic rings. The Morgan fingerprint density at radius 2 is 1.65 bits per heavy atom. The number of aliphatic hydroxyl groups excluding tert-OH is 1. The van der Waals surface area contributed by atoms with Crippen LogP contribution in [0.4, 0.5) is 0 Å². The lowest BCUT2D eigenvalue weighted by molar-refractivity contribution is 0.137. The summed E-state index contributed by atoms with van der Waals surface area (Å²) in [7, 11) is 3.27. The van der Waals surface area contributed by atoms with Crippen molar-refractivity contribution in [1.29, 1.82) is 0 Å². The third kappa shape index (κ3) is 6.80. The molecule has 23 heavy (non-hydrogen) atoms. The highest BCUT2D eigenvalue weighted by Crippen LogP contribution is 2.31. The van der Waals surface area contributed by atoms with Crippen molar-refractivity contribution in [1.82, 2.24) is 4.90 Å². The van der Waals surface area contributed by atoms with Gasteiger partial charge in [0.25, 0.3) is 0 Å². The number of methoxy groups -OCH3 is 2. The maximum Gasteiger partial charge on any atom is 0.124 e. The molecule has 0 bridgehead atoms. The van der Waals surface area contributed by atoms with Gasteiger partial charge in [-0.2, -0.15) is 0 Å². The lowest BCUT2D eigenvalue weighted by Gasteiger charge is -2.24. The van der Waals surface area contributed by atoms with Gasteiger partial charge in [-0.05, 0) is 50.6 Å². The Kier molecular flexibility index (Phi) is 9.72. The Hall–Kier alpha value is -1.26. The SMILES string of the molecule is CCCCN(CCCC)CCC(O)c1cc(OC)ccc1OC. The van der Waals surface area contributed by atoms with E-state index in [0.29, 0.717) is 12.2 Å². The standard InChI is InChI=1S/C19H33NO3/c1-5-7-12-20(13-8-6-2)14-11-18(21)17-15-16(22-3)9-10-19(17)23-4/h9-10,15,18,21H,5-8,11-14H2,1-4H3. The third-order valence-electron chi connectivity index (χ3n) is 4.17. The summed E-state index contributed by atoms with van der Waals surface area (Å²) >= 11 is 0. The summed E-state index contributed by atoms with van der Waals surface area (Å²) in [4.78, 5) is 2.46. The number of unbranched alkanes of at least 4 members (excludes halogenated alkanes) is 2. The number of rotatable bonds is 12. The Morgan fingerprint density at radius 1 is 1.00 bits per heavy atom. The maximum atomic E-state index is 10.6. The third-order valence-corrected chi connectivity index (χ3v) is 4.17. The summed E-state index contributed by atoms with van der Waals surface area (Å²) in [5.74, 6) is 1.46. The number of aliphatic hydroxyl groups is 1. The van der Waals surface area contributed by atoms with Crippen LogP contribution in [-0.2, 0) is 0 Å². The first-order valence-corrected chi connectivity index (χ1v) is 8.78. The van der Waals surface area contributed by atoms with Crippen LogP contribution < -0.4 is 9.47 Å². The lowest BCUT2D eigenvalue weighted by atomic mass is 10.0. The molecule has 0 saturated heterocycles. The second-order valence-corrected chi connectivity index (χ2v) is 5.96. The lowest BCUT2D eigenvalue weighted by Crippen LogP contribution is -2.28. The van der Waals surface area contributed by atoms with Gasteiger partial charge in [-0.3, -0.25) is 0 Å². The summed E-state index contributed by atoms with van der Waals surface area (Å²) in [6, 6.07) is 5.57. The van der Waals surface area contributed by atoms with Crippen LogP contribution in [0, 0.1) is 0 Å². The number of nitrogens with zero attached hydrogens (tertiary/aromatic N) is 1. The average Bonchev–Trinajstić information content (AvgIpc) is 2.60. The van der Waals surface area contributed by atoms with Gasteiger partial charge in [0.15, 0.2) is 0 Å². The van der Waals surface area contributed by atoms with Crippen molar-refractivity contribution in [3.8, 4) is 11.5 Å². The van der Waals surface area contributed by atoms with E-state index in [1.54, 1.807) is 14.2 Å². The van der Waals surface area contributed by atoms with Crippen LogP contribution in [0.3, 0.4) is 0 Å². The average molecular weight is 323 g/mol. The maximum absolute atomic E-state index is 10.6. The minimum absolute atomic E-state index is 0.536. The monoisotopic (exact) mass is 323 g/mol. The minimum atomic E-state index is -0.536. The quantitative estimate of drug-likeness (QED) is 0.630. The molecule has 4 heteroatoms. The fourth-order valence-electron chi connectivity index (χ4n) is 2.66. The van der Waals surface area contributed by atoms with Gasteiger partial charge in [0.05, 0.1) is 20.3 Å². The van der Waals surface area contributed by atoms with Crippen LogP contribution in [0.2, 0.25) is 0 Å². The van der Waals surface area contributed by atoms with E-state index < -0.39 is 6.10 Å². The molecule has 0 heterocycles. The second kappa shape index (κ2) is 11.3. The summed E-state index contributed by atoms with van der Waals surface area (Å²) in [6.45, 7) is 7.56. The van der Waals surface area contributed by atoms with Crippen LogP contribution in [0.1, 0.15) is 57.6 Å². The molecule has 0 radical (unpaired) electrons. The Labute approximate surface area is 141 Å². The van der Waals surface area contributed by atoms with E-state index in [1.165, 1.54) is 25.7 Å². The first kappa shape index (κ1) is 19.8. The molecule has 0 saturated carbocycles. The van der Waals surface area contributed by atoms with E-state index in [2.05, 4.69) is 18.7 Å². The van der Waals surface area contributed by atoms with Gasteiger partial charge in [0.1, 0.15) is 11.5 Å². The van der Waals surface area contributed by atoms with Crippen molar-refractivity contribution in [3.63, 3.8) is 0 Å². The zero-order valence-corrected chi connectivity index (χ0v) is 15.2. The predicted octanol–water partition coefficient (Wildman–Crippen LogP) is 4.03. The molecular formula is C19H33NO3. The van der Waals surface area contributed by atoms with Gasteiger partial charge in [0, 0.05) is 12.1 Å². The smallest absolute Gasteiger partial charge is 0.124 e. The number of benzene rings is 1. The van der Waals surface area contributed by atoms with Crippen molar-refractivity contribution in [3.05, 3.63) is 23.8 Å². The Bertz CT molecular complexity index is 429. The number of ether oxygens (including phenoxy) is 2. The zero-order valence-electron chi connectivity index (χ0n) is 15.2. The van der Waals surface area contributed by atoms with E-state index >= 15 is 0 Å². The predicted molar refractivity (Wildman–Crippen MR) is 95.4 cm³/mol. The van der Waals surface area contributed by atoms with Gasteiger partial charge in [-0.1, -0.05) is 26.7 Å². The molecule has 0 aliphatic carbocycles. The first-order valence-electron chi connectivity index (χ1n) is 8.78. The van der Waals surface area contributed by atoms with Gasteiger partial charge in [0.2, 0.25) is 0 Å². The largest absolute Gasteiger partial charge is 0.497 e. The molecule has 1 atom stereocenters. The molecule has 0 aliphatic heterocycles. The summed E-state index contributed by atoms with van der Waals surface area (Å²) in [5, 5.41) is 10.6. The molecule has 0 aliphatic rings. The first-order chi connectivity index (χ1) is 11.2. The molecule has 1 unspecified atom stereocenters. The molecule has 0 spiro atoms. The van der Waals surface area contributed by atoms with Crippen LogP contribution >= 0.6 is 0 Å². The molecule has 0 aromatic heterocycles. The Morgan fingerprint density at radius 3 is 2.17 bits per heavy atom. The highest BCUT2D eigenvalue weighted by Gasteiger charge is 2.16. The molecule has 4 nitrogen and oxygen atoms in total. The molecule has 1 aromatic carbocycles. The highest BCUT2D eigenvalue weighted by atomic mass is 16.5. The van der Waals surface area contributed by atoms with Crippen molar-refractivity contribution >= 4 is 0 Å². The van der Waals surface area contributed by atoms with Crippen molar-refractivity contribution < 1.29 is 14.6 Å². The van der Waals surface area contributed by atoms with Gasteiger partial charge in [-0.15, -0.1) is 0 Å². The van der Waals surface area contributed by atoms with E-state index in [9.17, 15) is 5.11 Å². The zero-order chi connectivity index (χ0) is 17.1. The van der Waals surface area contributed by atoms with Gasteiger partial charge < -0.3 is 19.5 Å². The molecule has 132 valence electrons. The van der Waals surface area contributed by atoms with Gasteiger partial charge >= 0.3 is 0 Å². The van der Waals surface area contributed by atoms with Crippen LogP contribution in [-0.4, -0.2) is 43.9 Å². The van der Waals surface area contributed by atoms with E-state index in [-0.39, 0.29) is 0 Å². The van der Waals surface area contributed by atoms with Crippen LogP contribution in [0.5, 0.6) is 11.5 Å². The Balaban J connectivity index is 2.67. The summed E-state index contributed by atoms with van der Waals surface area (Å²) in [5.41, 5.74) is 0.804. The molecule has 1 rings (SSSR count). The summed E-state index contributed by atoms with van der Waals surface area (Å²) < 4.78 is 10.6. The van der Waals surface area contributed by atoms with E-state index in [4.69, 9.17) is 9.47 Å². The normalized spacial score (nSPS) is 12.4. The van der Waals surface area contributed by atoms with Crippen molar-refractivity contribution in [2.75, 3.05) is 33.9 Å². The second-order valence-electron chi connectivity index (χ2n) is 5.96. The van der Waals surface area contributed by atoms with Crippen LogP contribution in [0.15, 0.2) is 18.2 Å². The van der Waals surface area contributed by atoms with Crippen molar-refractivity contribution in [2.24, 2.45) is 0 Å². The topological polar surface area (TPSA) is 41.9 Å². The molecule has 1 N–H and O–H groups in total. The molecular weight excluding hydrogens is 290 g/mol. The number of hydrogen-bond donors (Lipinski definition) is 1. The summed E-state index contributed by atoms with van der Waals surface area (Å²) in [6.07, 6.45) is 5.00. The highest BCUT2D eigenvalue weighted by molar-refractivity contribution is 5.41. The minimum Gasteiger partial charge on any atom is -0.497 e. The van der Waals surface area contributed by atoms with E-state index in [1.807, 2.05) is 18.2 Å². The fraction of sp³-hybridized carbons (Fsp3) is 0.684. The van der Waals surface area contributed by atoms with E-state index in [0.717, 1.165) is 30.9 Å². The molecule has 0 amide bonds. The van der Waals surface area contributed by atoms with Crippen LogP contribution in [0.25, 0.3) is 0 Å². The molecule has 0 fully saturated rings. The van der Waals surface area contributed by atoms with Gasteiger partial charge in [-0.25, -0.2) is 0 Å².